The minimum Gasteiger partial charge on any atom is -0.352 e. The van der Waals surface area contributed by atoms with Crippen LogP contribution in [0.5, 0.6) is 0 Å². The number of carbonyl (C=O) groups excluding carboxylic acids is 2. The number of sulfonamides is 1. The molecule has 2 amide bonds. The third-order valence-corrected chi connectivity index (χ3v) is 9.54. The van der Waals surface area contributed by atoms with Gasteiger partial charge in [0.15, 0.2) is 0 Å². The fourth-order valence-electron chi connectivity index (χ4n) is 4.99. The van der Waals surface area contributed by atoms with Crippen LogP contribution in [0.4, 0.5) is 0 Å². The number of amides is 2. The van der Waals surface area contributed by atoms with E-state index in [9.17, 15) is 18.0 Å². The van der Waals surface area contributed by atoms with Gasteiger partial charge in [-0.3, -0.25) is 9.59 Å². The number of nitrogens with zero attached hydrogens (tertiary/aromatic N) is 2. The lowest BCUT2D eigenvalue weighted by atomic mass is 10.0. The molecule has 3 aromatic carbocycles. The number of nitrogens with one attached hydrogen (secondary N) is 1. The lowest BCUT2D eigenvalue weighted by Crippen LogP contribution is -2.54. The maximum Gasteiger partial charge on any atom is 0.243 e. The lowest BCUT2D eigenvalue weighted by molar-refractivity contribution is -0.141. The Morgan fingerprint density at radius 2 is 1.57 bits per heavy atom. The Morgan fingerprint density at radius 3 is 2.23 bits per heavy atom. The maximum atomic E-state index is 14.0. The summed E-state index contributed by atoms with van der Waals surface area (Å²) in [4.78, 5) is 29.3. The van der Waals surface area contributed by atoms with E-state index < -0.39 is 28.5 Å². The molecule has 0 unspecified atom stereocenters. The van der Waals surface area contributed by atoms with Crippen molar-refractivity contribution in [2.24, 2.45) is 0 Å². The van der Waals surface area contributed by atoms with Crippen molar-refractivity contribution < 1.29 is 18.0 Å². The van der Waals surface area contributed by atoms with Crippen LogP contribution in [0.2, 0.25) is 5.02 Å². The number of likely N-dealkylation sites (N-methyl/N-ethyl adjacent to an activating group) is 1. The largest absolute Gasteiger partial charge is 0.352 e. The van der Waals surface area contributed by atoms with E-state index in [1.807, 2.05) is 49.4 Å². The number of carbonyl (C=O) groups is 2. The van der Waals surface area contributed by atoms with E-state index in [1.54, 1.807) is 24.3 Å². The monoisotopic (exact) mass is 581 g/mol. The molecule has 0 saturated heterocycles. The van der Waals surface area contributed by atoms with Crippen LogP contribution < -0.4 is 5.32 Å². The molecule has 0 heterocycles. The molecular formula is C31H36ClN3O4S. The van der Waals surface area contributed by atoms with Gasteiger partial charge in [-0.2, -0.15) is 4.31 Å². The average molecular weight is 582 g/mol. The normalized spacial score (nSPS) is 14.7. The van der Waals surface area contributed by atoms with E-state index in [4.69, 9.17) is 11.6 Å². The molecule has 1 atom stereocenters. The summed E-state index contributed by atoms with van der Waals surface area (Å²) in [5, 5.41) is 3.62. The molecule has 4 rings (SSSR count). The average Bonchev–Trinajstić information content (AvgIpc) is 3.45. The Bertz CT molecular complexity index is 1410. The van der Waals surface area contributed by atoms with Gasteiger partial charge in [-0.05, 0) is 49.1 Å². The van der Waals surface area contributed by atoms with Gasteiger partial charge in [-0.1, -0.05) is 90.7 Å². The second-order valence-electron chi connectivity index (χ2n) is 10.4. The van der Waals surface area contributed by atoms with Crippen LogP contribution in [0.1, 0.15) is 42.4 Å². The number of aryl methyl sites for hydroxylation is 1. The summed E-state index contributed by atoms with van der Waals surface area (Å²) in [6.45, 7) is 1.51. The zero-order valence-corrected chi connectivity index (χ0v) is 24.5. The maximum absolute atomic E-state index is 14.0. The highest BCUT2D eigenvalue weighted by atomic mass is 35.5. The number of rotatable bonds is 11. The van der Waals surface area contributed by atoms with Crippen molar-refractivity contribution in [1.29, 1.82) is 0 Å². The Kier molecular flexibility index (Phi) is 10.0. The van der Waals surface area contributed by atoms with E-state index in [-0.39, 0.29) is 29.8 Å². The number of hydrogen-bond donors (Lipinski definition) is 1. The number of hydrogen-bond acceptors (Lipinski definition) is 4. The fraction of sp³-hybridized carbons (Fsp3) is 0.355. The Balaban J connectivity index is 1.66. The first-order valence-electron chi connectivity index (χ1n) is 13.6. The van der Waals surface area contributed by atoms with E-state index in [2.05, 4.69) is 5.32 Å². The van der Waals surface area contributed by atoms with Crippen LogP contribution in [0.3, 0.4) is 0 Å². The van der Waals surface area contributed by atoms with E-state index in [0.29, 0.717) is 10.6 Å². The molecular weight excluding hydrogens is 546 g/mol. The molecule has 0 bridgehead atoms. The second kappa shape index (κ2) is 13.4. The van der Waals surface area contributed by atoms with Crippen molar-refractivity contribution in [3.8, 4) is 0 Å². The molecule has 1 aliphatic carbocycles. The minimum absolute atomic E-state index is 0.0620. The van der Waals surface area contributed by atoms with Crippen molar-refractivity contribution in [3.05, 3.63) is 101 Å². The molecule has 0 aromatic heterocycles. The molecule has 7 nitrogen and oxygen atoms in total. The Hall–Kier alpha value is -3.20. The Morgan fingerprint density at radius 1 is 0.950 bits per heavy atom. The molecule has 0 radical (unpaired) electrons. The molecule has 0 spiro atoms. The zero-order chi connectivity index (χ0) is 28.7. The van der Waals surface area contributed by atoms with Crippen molar-refractivity contribution in [2.75, 3.05) is 13.6 Å². The van der Waals surface area contributed by atoms with Gasteiger partial charge in [0, 0.05) is 31.1 Å². The first kappa shape index (κ1) is 29.8. The minimum atomic E-state index is -3.93. The highest BCUT2D eigenvalue weighted by molar-refractivity contribution is 7.89. The molecule has 40 heavy (non-hydrogen) atoms. The van der Waals surface area contributed by atoms with Crippen LogP contribution in [0.15, 0.2) is 83.8 Å². The zero-order valence-electron chi connectivity index (χ0n) is 22.9. The van der Waals surface area contributed by atoms with E-state index >= 15 is 0 Å². The van der Waals surface area contributed by atoms with Crippen molar-refractivity contribution in [1.82, 2.24) is 14.5 Å². The van der Waals surface area contributed by atoms with Crippen LogP contribution in [0.25, 0.3) is 0 Å². The van der Waals surface area contributed by atoms with Gasteiger partial charge < -0.3 is 10.2 Å². The molecule has 1 fully saturated rings. The van der Waals surface area contributed by atoms with Gasteiger partial charge in [0.2, 0.25) is 21.8 Å². The third-order valence-electron chi connectivity index (χ3n) is 7.36. The van der Waals surface area contributed by atoms with Gasteiger partial charge >= 0.3 is 0 Å². The van der Waals surface area contributed by atoms with Crippen LogP contribution in [-0.2, 0) is 32.6 Å². The summed E-state index contributed by atoms with van der Waals surface area (Å²) < 4.78 is 27.6. The lowest BCUT2D eigenvalue weighted by Gasteiger charge is -2.33. The summed E-state index contributed by atoms with van der Waals surface area (Å²) in [7, 11) is -2.55. The van der Waals surface area contributed by atoms with Gasteiger partial charge in [0.1, 0.15) is 6.04 Å². The number of halogens is 1. The van der Waals surface area contributed by atoms with Crippen LogP contribution >= 0.6 is 11.6 Å². The fourth-order valence-corrected chi connectivity index (χ4v) is 6.30. The summed E-state index contributed by atoms with van der Waals surface area (Å²) in [6.07, 6.45) is 4.19. The van der Waals surface area contributed by atoms with Crippen LogP contribution in [0, 0.1) is 6.92 Å². The van der Waals surface area contributed by atoms with E-state index in [1.165, 1.54) is 24.1 Å². The smallest absolute Gasteiger partial charge is 0.243 e. The van der Waals surface area contributed by atoms with Crippen molar-refractivity contribution >= 4 is 33.4 Å². The summed E-state index contributed by atoms with van der Waals surface area (Å²) >= 11 is 6.48. The SMILES string of the molecule is Cc1ccc(S(=O)(=O)N(C)CC(=O)N(Cc2ccccc2Cl)[C@@H](Cc2ccccc2)C(=O)NC2CCCC2)cc1. The molecule has 1 aliphatic rings. The molecule has 1 saturated carbocycles. The number of benzene rings is 3. The first-order chi connectivity index (χ1) is 19.1. The Labute approximate surface area is 242 Å². The van der Waals surface area contributed by atoms with Gasteiger partial charge in [-0.25, -0.2) is 8.42 Å². The highest BCUT2D eigenvalue weighted by Gasteiger charge is 2.34. The first-order valence-corrected chi connectivity index (χ1v) is 15.4. The predicted molar refractivity (Wildman–Crippen MR) is 157 cm³/mol. The predicted octanol–water partition coefficient (Wildman–Crippen LogP) is 4.97. The quantitative estimate of drug-likeness (QED) is 0.346. The van der Waals surface area contributed by atoms with E-state index in [0.717, 1.165) is 41.1 Å². The second-order valence-corrected chi connectivity index (χ2v) is 12.8. The molecule has 212 valence electrons. The van der Waals surface area contributed by atoms with Crippen LogP contribution in [-0.4, -0.2) is 55.1 Å². The van der Waals surface area contributed by atoms with Crippen molar-refractivity contribution in [3.63, 3.8) is 0 Å². The van der Waals surface area contributed by atoms with Gasteiger partial charge in [0.25, 0.3) is 0 Å². The topological polar surface area (TPSA) is 86.8 Å². The van der Waals surface area contributed by atoms with Gasteiger partial charge in [-0.15, -0.1) is 0 Å². The highest BCUT2D eigenvalue weighted by Crippen LogP contribution is 2.23. The standard InChI is InChI=1S/C31H36ClN3O4S/c1-23-16-18-27(19-17-23)40(38,39)34(2)22-30(36)35(21-25-12-6-9-15-28(25)32)29(20-24-10-4-3-5-11-24)31(37)33-26-13-7-8-14-26/h3-6,9-12,15-19,26,29H,7-8,13-14,20-22H2,1-2H3,(H,33,37)/t29-/m0/s1. The third kappa shape index (κ3) is 7.50. The summed E-state index contributed by atoms with van der Waals surface area (Å²) in [5.41, 5.74) is 2.50. The van der Waals surface area contributed by atoms with Gasteiger partial charge in [0.05, 0.1) is 11.4 Å². The molecule has 3 aromatic rings. The molecule has 0 aliphatic heterocycles. The van der Waals surface area contributed by atoms with Crippen molar-refractivity contribution in [2.45, 2.75) is 62.6 Å². The molecule has 9 heteroatoms. The summed E-state index contributed by atoms with van der Waals surface area (Å²) in [5.74, 6) is -0.735. The molecule has 1 N–H and O–H groups in total. The summed E-state index contributed by atoms with van der Waals surface area (Å²) in [6, 6.07) is 22.4.